The minimum atomic E-state index is 0.0845. The summed E-state index contributed by atoms with van der Waals surface area (Å²) in [5.41, 5.74) is 3.23. The van der Waals surface area contributed by atoms with Crippen LogP contribution >= 0.6 is 11.6 Å². The van der Waals surface area contributed by atoms with Gasteiger partial charge in [0.1, 0.15) is 0 Å². The van der Waals surface area contributed by atoms with Gasteiger partial charge in [-0.15, -0.1) is 0 Å². The van der Waals surface area contributed by atoms with Gasteiger partial charge in [0, 0.05) is 28.7 Å². The normalized spacial score (nSPS) is 20.0. The lowest BCUT2D eigenvalue weighted by Crippen LogP contribution is -2.36. The maximum absolute atomic E-state index is 12.2. The number of aryl methyl sites for hydroxylation is 1. The van der Waals surface area contributed by atoms with Gasteiger partial charge >= 0.3 is 0 Å². The lowest BCUT2D eigenvalue weighted by Gasteiger charge is -2.31. The molecule has 0 radical (unpaired) electrons. The molecule has 2 nitrogen and oxygen atoms in total. The van der Waals surface area contributed by atoms with E-state index in [1.165, 1.54) is 0 Å². The van der Waals surface area contributed by atoms with E-state index in [0.717, 1.165) is 28.3 Å². The molecule has 0 fully saturated rings. The Labute approximate surface area is 113 Å². The van der Waals surface area contributed by atoms with Gasteiger partial charge in [0.25, 0.3) is 0 Å². The highest BCUT2D eigenvalue weighted by Crippen LogP contribution is 2.31. The van der Waals surface area contributed by atoms with E-state index in [2.05, 4.69) is 6.08 Å². The lowest BCUT2D eigenvalue weighted by molar-refractivity contribution is -0.131. The van der Waals surface area contributed by atoms with Crippen LogP contribution in [0.4, 0.5) is 0 Å². The van der Waals surface area contributed by atoms with Crippen molar-refractivity contribution in [3.8, 4) is 0 Å². The SMILES string of the molecule is CCN1C(=O)C(C)CC=C1c1ccc(Cl)cc1C. The molecule has 1 atom stereocenters. The van der Waals surface area contributed by atoms with E-state index in [1.807, 2.05) is 43.9 Å². The Morgan fingerprint density at radius 3 is 2.78 bits per heavy atom. The molecule has 1 aromatic carbocycles. The largest absolute Gasteiger partial charge is 0.312 e. The van der Waals surface area contributed by atoms with Gasteiger partial charge in [0.15, 0.2) is 0 Å². The average Bonchev–Trinajstić information content (AvgIpc) is 2.33. The van der Waals surface area contributed by atoms with Crippen molar-refractivity contribution in [2.75, 3.05) is 6.54 Å². The number of amides is 1. The fraction of sp³-hybridized carbons (Fsp3) is 0.400. The monoisotopic (exact) mass is 263 g/mol. The smallest absolute Gasteiger partial charge is 0.230 e. The number of hydrogen-bond acceptors (Lipinski definition) is 1. The summed E-state index contributed by atoms with van der Waals surface area (Å²) in [4.78, 5) is 14.0. The molecular weight excluding hydrogens is 246 g/mol. The molecule has 96 valence electrons. The molecule has 3 heteroatoms. The topological polar surface area (TPSA) is 20.3 Å². The van der Waals surface area contributed by atoms with Crippen molar-refractivity contribution in [3.05, 3.63) is 40.4 Å². The van der Waals surface area contributed by atoms with Gasteiger partial charge in [-0.25, -0.2) is 0 Å². The van der Waals surface area contributed by atoms with Crippen molar-refractivity contribution in [3.63, 3.8) is 0 Å². The maximum Gasteiger partial charge on any atom is 0.230 e. The van der Waals surface area contributed by atoms with Crippen molar-refractivity contribution in [1.82, 2.24) is 4.90 Å². The molecule has 1 aromatic rings. The molecule has 1 aliphatic heterocycles. The van der Waals surface area contributed by atoms with E-state index < -0.39 is 0 Å². The molecule has 1 heterocycles. The maximum atomic E-state index is 12.2. The first kappa shape index (κ1) is 13.2. The zero-order valence-electron chi connectivity index (χ0n) is 11.0. The third kappa shape index (κ3) is 2.30. The molecule has 0 saturated heterocycles. The average molecular weight is 264 g/mol. The van der Waals surface area contributed by atoms with Crippen LogP contribution in [0.1, 0.15) is 31.4 Å². The molecule has 0 saturated carbocycles. The summed E-state index contributed by atoms with van der Waals surface area (Å²) in [5, 5.41) is 0.732. The predicted octanol–water partition coefficient (Wildman–Crippen LogP) is 3.88. The quantitative estimate of drug-likeness (QED) is 0.793. The number of carbonyl (C=O) groups excluding carboxylic acids is 1. The van der Waals surface area contributed by atoms with E-state index in [-0.39, 0.29) is 11.8 Å². The Hall–Kier alpha value is -1.28. The fourth-order valence-electron chi connectivity index (χ4n) is 2.38. The third-order valence-corrected chi connectivity index (χ3v) is 3.66. The summed E-state index contributed by atoms with van der Waals surface area (Å²) in [6, 6.07) is 5.81. The molecule has 18 heavy (non-hydrogen) atoms. The van der Waals surface area contributed by atoms with E-state index in [9.17, 15) is 4.79 Å². The van der Waals surface area contributed by atoms with Crippen LogP contribution in [0.25, 0.3) is 5.70 Å². The van der Waals surface area contributed by atoms with Gasteiger partial charge < -0.3 is 4.90 Å². The summed E-state index contributed by atoms with van der Waals surface area (Å²) in [7, 11) is 0. The summed E-state index contributed by atoms with van der Waals surface area (Å²) >= 11 is 5.98. The lowest BCUT2D eigenvalue weighted by atomic mass is 9.95. The van der Waals surface area contributed by atoms with Gasteiger partial charge in [-0.05, 0) is 38.0 Å². The molecule has 1 unspecified atom stereocenters. The minimum absolute atomic E-state index is 0.0845. The number of hydrogen-bond donors (Lipinski definition) is 0. The number of halogens is 1. The van der Waals surface area contributed by atoms with Gasteiger partial charge in [0.2, 0.25) is 5.91 Å². The van der Waals surface area contributed by atoms with Gasteiger partial charge in [-0.2, -0.15) is 0 Å². The van der Waals surface area contributed by atoms with Gasteiger partial charge in [-0.1, -0.05) is 30.7 Å². The summed E-state index contributed by atoms with van der Waals surface area (Å²) < 4.78 is 0. The highest BCUT2D eigenvalue weighted by Gasteiger charge is 2.27. The fourth-order valence-corrected chi connectivity index (χ4v) is 2.61. The molecular formula is C15H18ClNO. The standard InChI is InChI=1S/C15H18ClNO/c1-4-17-14(8-5-10(2)15(17)18)13-7-6-12(16)9-11(13)3/h6-10H,4-5H2,1-3H3. The van der Waals surface area contributed by atoms with Crippen LogP contribution in [0, 0.1) is 12.8 Å². The van der Waals surface area contributed by atoms with Crippen LogP contribution in [-0.4, -0.2) is 17.4 Å². The van der Waals surface area contributed by atoms with Gasteiger partial charge in [0.05, 0.1) is 0 Å². The zero-order chi connectivity index (χ0) is 13.3. The predicted molar refractivity (Wildman–Crippen MR) is 75.3 cm³/mol. The highest BCUT2D eigenvalue weighted by molar-refractivity contribution is 6.30. The molecule has 0 aliphatic carbocycles. The number of benzene rings is 1. The molecule has 2 rings (SSSR count). The number of rotatable bonds is 2. The Kier molecular flexibility index (Phi) is 3.76. The number of nitrogens with zero attached hydrogens (tertiary/aromatic N) is 1. The van der Waals surface area contributed by atoms with Crippen LogP contribution in [0.2, 0.25) is 5.02 Å². The second kappa shape index (κ2) is 5.15. The Morgan fingerprint density at radius 1 is 1.44 bits per heavy atom. The summed E-state index contributed by atoms with van der Waals surface area (Å²) in [6.07, 6.45) is 2.97. The molecule has 0 bridgehead atoms. The van der Waals surface area contributed by atoms with Crippen molar-refractivity contribution in [1.29, 1.82) is 0 Å². The first-order valence-electron chi connectivity index (χ1n) is 6.32. The Bertz CT molecular complexity index is 507. The van der Waals surface area contributed by atoms with Crippen molar-refractivity contribution >= 4 is 23.2 Å². The first-order chi connectivity index (χ1) is 8.54. The van der Waals surface area contributed by atoms with Crippen molar-refractivity contribution in [2.45, 2.75) is 27.2 Å². The van der Waals surface area contributed by atoms with Crippen LogP contribution in [0.3, 0.4) is 0 Å². The second-order valence-electron chi connectivity index (χ2n) is 4.77. The van der Waals surface area contributed by atoms with E-state index in [0.29, 0.717) is 6.54 Å². The minimum Gasteiger partial charge on any atom is -0.312 e. The van der Waals surface area contributed by atoms with Crippen LogP contribution in [0.5, 0.6) is 0 Å². The summed E-state index contributed by atoms with van der Waals surface area (Å²) in [5.74, 6) is 0.297. The highest BCUT2D eigenvalue weighted by atomic mass is 35.5. The molecule has 1 amide bonds. The van der Waals surface area contributed by atoms with E-state index in [4.69, 9.17) is 11.6 Å². The van der Waals surface area contributed by atoms with E-state index >= 15 is 0 Å². The Morgan fingerprint density at radius 2 is 2.17 bits per heavy atom. The van der Waals surface area contributed by atoms with Crippen LogP contribution < -0.4 is 0 Å². The Balaban J connectivity index is 2.45. The number of carbonyl (C=O) groups is 1. The van der Waals surface area contributed by atoms with E-state index in [1.54, 1.807) is 0 Å². The van der Waals surface area contributed by atoms with Gasteiger partial charge in [-0.3, -0.25) is 4.79 Å². The molecule has 0 spiro atoms. The molecule has 1 aliphatic rings. The molecule has 0 N–H and O–H groups in total. The second-order valence-corrected chi connectivity index (χ2v) is 5.20. The van der Waals surface area contributed by atoms with Crippen LogP contribution in [-0.2, 0) is 4.79 Å². The third-order valence-electron chi connectivity index (χ3n) is 3.42. The summed E-state index contributed by atoms with van der Waals surface area (Å²) in [6.45, 7) is 6.72. The molecule has 0 aromatic heterocycles. The van der Waals surface area contributed by atoms with Crippen molar-refractivity contribution in [2.24, 2.45) is 5.92 Å². The zero-order valence-corrected chi connectivity index (χ0v) is 11.8. The first-order valence-corrected chi connectivity index (χ1v) is 6.70. The van der Waals surface area contributed by atoms with Crippen LogP contribution in [0.15, 0.2) is 24.3 Å². The number of allylic oxidation sites excluding steroid dienone is 1. The van der Waals surface area contributed by atoms with Crippen molar-refractivity contribution < 1.29 is 4.79 Å².